The van der Waals surface area contributed by atoms with Crippen LogP contribution in [0.25, 0.3) is 0 Å². The first-order valence-corrected chi connectivity index (χ1v) is 4.50. The van der Waals surface area contributed by atoms with Gasteiger partial charge in [-0.05, 0) is 19.3 Å². The molecule has 0 aromatic heterocycles. The largest absolute Gasteiger partial charge is 0.296 e. The van der Waals surface area contributed by atoms with Gasteiger partial charge in [0.1, 0.15) is 0 Å². The Morgan fingerprint density at radius 2 is 2.27 bits per heavy atom. The lowest BCUT2D eigenvalue weighted by Crippen LogP contribution is -2.30. The second-order valence-corrected chi connectivity index (χ2v) is 4.13. The summed E-state index contributed by atoms with van der Waals surface area (Å²) in [5, 5.41) is 0. The van der Waals surface area contributed by atoms with E-state index in [1.165, 1.54) is 18.5 Å². The summed E-state index contributed by atoms with van der Waals surface area (Å²) in [5.74, 6) is 0.781. The van der Waals surface area contributed by atoms with Crippen LogP contribution in [0, 0.1) is 5.92 Å². The van der Waals surface area contributed by atoms with E-state index in [1.54, 1.807) is 0 Å². The standard InChI is InChI=1S/C10H19N/c1-8(2)6-11-7-9(3)5-10(11)4/h8,10H,3,5-7H2,1-2,4H3. The molecule has 0 amide bonds. The van der Waals surface area contributed by atoms with Gasteiger partial charge in [0.15, 0.2) is 0 Å². The van der Waals surface area contributed by atoms with E-state index in [0.29, 0.717) is 0 Å². The third-order valence-electron chi connectivity index (χ3n) is 2.23. The molecular formula is C10H19N. The highest BCUT2D eigenvalue weighted by atomic mass is 15.2. The van der Waals surface area contributed by atoms with Crippen LogP contribution in [0.4, 0.5) is 0 Å². The Morgan fingerprint density at radius 3 is 2.64 bits per heavy atom. The highest BCUT2D eigenvalue weighted by Crippen LogP contribution is 2.21. The Morgan fingerprint density at radius 1 is 1.64 bits per heavy atom. The van der Waals surface area contributed by atoms with Crippen LogP contribution in [0.5, 0.6) is 0 Å². The van der Waals surface area contributed by atoms with Crippen LogP contribution < -0.4 is 0 Å². The van der Waals surface area contributed by atoms with Crippen molar-refractivity contribution in [3.8, 4) is 0 Å². The van der Waals surface area contributed by atoms with Crippen LogP contribution in [0.3, 0.4) is 0 Å². The molecule has 0 aliphatic carbocycles. The fourth-order valence-electron chi connectivity index (χ4n) is 1.77. The van der Waals surface area contributed by atoms with Crippen LogP contribution in [0.1, 0.15) is 27.2 Å². The topological polar surface area (TPSA) is 3.24 Å². The molecule has 0 radical (unpaired) electrons. The molecule has 0 saturated carbocycles. The van der Waals surface area contributed by atoms with E-state index in [4.69, 9.17) is 0 Å². The van der Waals surface area contributed by atoms with Gasteiger partial charge in [-0.25, -0.2) is 0 Å². The maximum absolute atomic E-state index is 4.02. The number of rotatable bonds is 2. The molecule has 1 rings (SSSR count). The molecule has 0 spiro atoms. The summed E-state index contributed by atoms with van der Waals surface area (Å²) in [4.78, 5) is 2.52. The van der Waals surface area contributed by atoms with Gasteiger partial charge in [0.25, 0.3) is 0 Å². The van der Waals surface area contributed by atoms with Crippen molar-refractivity contribution in [1.29, 1.82) is 0 Å². The zero-order chi connectivity index (χ0) is 8.43. The minimum absolute atomic E-state index is 0.727. The first-order chi connectivity index (χ1) is 5.09. The molecule has 1 nitrogen and oxygen atoms in total. The fraction of sp³-hybridized carbons (Fsp3) is 0.800. The molecule has 1 fully saturated rings. The van der Waals surface area contributed by atoms with Gasteiger partial charge in [0.05, 0.1) is 0 Å². The second kappa shape index (κ2) is 3.40. The summed E-state index contributed by atoms with van der Waals surface area (Å²) >= 11 is 0. The van der Waals surface area contributed by atoms with Crippen LogP contribution in [-0.2, 0) is 0 Å². The number of nitrogens with zero attached hydrogens (tertiary/aromatic N) is 1. The Balaban J connectivity index is 2.40. The summed E-state index contributed by atoms with van der Waals surface area (Å²) in [6.45, 7) is 13.2. The van der Waals surface area contributed by atoms with Crippen molar-refractivity contribution in [2.75, 3.05) is 13.1 Å². The zero-order valence-electron chi connectivity index (χ0n) is 7.93. The van der Waals surface area contributed by atoms with Gasteiger partial charge in [0, 0.05) is 19.1 Å². The third-order valence-corrected chi connectivity index (χ3v) is 2.23. The number of likely N-dealkylation sites (tertiary alicyclic amines) is 1. The molecule has 1 aliphatic rings. The number of hydrogen-bond donors (Lipinski definition) is 0. The van der Waals surface area contributed by atoms with Crippen molar-refractivity contribution in [3.63, 3.8) is 0 Å². The summed E-state index contributed by atoms with van der Waals surface area (Å²) in [7, 11) is 0. The first kappa shape index (κ1) is 8.79. The predicted molar refractivity (Wildman–Crippen MR) is 49.6 cm³/mol. The van der Waals surface area contributed by atoms with E-state index in [-0.39, 0.29) is 0 Å². The first-order valence-electron chi connectivity index (χ1n) is 4.50. The van der Waals surface area contributed by atoms with Gasteiger partial charge in [-0.1, -0.05) is 26.0 Å². The fourth-order valence-corrected chi connectivity index (χ4v) is 1.77. The summed E-state index contributed by atoms with van der Waals surface area (Å²) in [6, 6.07) is 0.727. The monoisotopic (exact) mass is 153 g/mol. The average molecular weight is 153 g/mol. The van der Waals surface area contributed by atoms with Crippen molar-refractivity contribution < 1.29 is 0 Å². The molecular weight excluding hydrogens is 134 g/mol. The van der Waals surface area contributed by atoms with Crippen LogP contribution in [0.2, 0.25) is 0 Å². The normalized spacial score (nSPS) is 26.9. The molecule has 1 heteroatoms. The quantitative estimate of drug-likeness (QED) is 0.550. The minimum atomic E-state index is 0.727. The molecule has 1 unspecified atom stereocenters. The van der Waals surface area contributed by atoms with Crippen molar-refractivity contribution in [2.45, 2.75) is 33.2 Å². The molecule has 0 bridgehead atoms. The van der Waals surface area contributed by atoms with E-state index in [9.17, 15) is 0 Å². The van der Waals surface area contributed by atoms with Crippen molar-refractivity contribution in [1.82, 2.24) is 4.90 Å². The second-order valence-electron chi connectivity index (χ2n) is 4.13. The molecule has 0 N–H and O–H groups in total. The molecule has 1 aliphatic heterocycles. The van der Waals surface area contributed by atoms with Gasteiger partial charge in [0.2, 0.25) is 0 Å². The van der Waals surface area contributed by atoms with E-state index in [0.717, 1.165) is 18.5 Å². The highest BCUT2D eigenvalue weighted by molar-refractivity contribution is 5.06. The summed E-state index contributed by atoms with van der Waals surface area (Å²) in [6.07, 6.45) is 1.20. The molecule has 1 heterocycles. The zero-order valence-corrected chi connectivity index (χ0v) is 7.93. The van der Waals surface area contributed by atoms with E-state index in [1.807, 2.05) is 0 Å². The van der Waals surface area contributed by atoms with Gasteiger partial charge in [-0.15, -0.1) is 0 Å². The predicted octanol–water partition coefficient (Wildman–Crippen LogP) is 2.29. The van der Waals surface area contributed by atoms with Crippen LogP contribution >= 0.6 is 0 Å². The third kappa shape index (κ3) is 2.33. The smallest absolute Gasteiger partial charge is 0.0193 e. The lowest BCUT2D eigenvalue weighted by molar-refractivity contribution is 0.241. The molecule has 1 saturated heterocycles. The van der Waals surface area contributed by atoms with Crippen LogP contribution in [0.15, 0.2) is 12.2 Å². The molecule has 1 atom stereocenters. The Kier molecular flexibility index (Phi) is 2.72. The lowest BCUT2D eigenvalue weighted by atomic mass is 10.2. The van der Waals surface area contributed by atoms with Gasteiger partial charge in [-0.3, -0.25) is 4.90 Å². The maximum Gasteiger partial charge on any atom is 0.0193 e. The highest BCUT2D eigenvalue weighted by Gasteiger charge is 2.22. The average Bonchev–Trinajstić information content (AvgIpc) is 2.09. The van der Waals surface area contributed by atoms with Crippen molar-refractivity contribution in [3.05, 3.63) is 12.2 Å². The molecule has 64 valence electrons. The molecule has 0 aromatic carbocycles. The lowest BCUT2D eigenvalue weighted by Gasteiger charge is -2.22. The summed E-state index contributed by atoms with van der Waals surface area (Å²) in [5.41, 5.74) is 1.40. The SMILES string of the molecule is C=C1CC(C)N(CC(C)C)C1. The van der Waals surface area contributed by atoms with Crippen molar-refractivity contribution in [2.24, 2.45) is 5.92 Å². The van der Waals surface area contributed by atoms with Gasteiger partial charge < -0.3 is 0 Å². The van der Waals surface area contributed by atoms with E-state index >= 15 is 0 Å². The molecule has 11 heavy (non-hydrogen) atoms. The van der Waals surface area contributed by atoms with Crippen LogP contribution in [-0.4, -0.2) is 24.0 Å². The maximum atomic E-state index is 4.02. The summed E-state index contributed by atoms with van der Waals surface area (Å²) < 4.78 is 0. The molecule has 0 aromatic rings. The Bertz CT molecular complexity index is 149. The van der Waals surface area contributed by atoms with Crippen molar-refractivity contribution >= 4 is 0 Å². The Labute approximate surface area is 70.1 Å². The Hall–Kier alpha value is -0.300. The number of hydrogen-bond acceptors (Lipinski definition) is 1. The minimum Gasteiger partial charge on any atom is -0.296 e. The van der Waals surface area contributed by atoms with Gasteiger partial charge >= 0.3 is 0 Å². The van der Waals surface area contributed by atoms with E-state index < -0.39 is 0 Å². The van der Waals surface area contributed by atoms with E-state index in [2.05, 4.69) is 32.3 Å². The van der Waals surface area contributed by atoms with Gasteiger partial charge in [-0.2, -0.15) is 0 Å².